The van der Waals surface area contributed by atoms with Gasteiger partial charge in [-0.25, -0.2) is 0 Å². The molecule has 0 N–H and O–H groups in total. The Morgan fingerprint density at radius 3 is 1.73 bits per heavy atom. The van der Waals surface area contributed by atoms with Gasteiger partial charge in [-0.2, -0.15) is 0 Å². The van der Waals surface area contributed by atoms with E-state index in [1.807, 2.05) is 13.8 Å². The molecule has 7 aromatic rings. The first-order chi connectivity index (χ1) is 21.6. The normalized spacial score (nSPS) is 12.5. The van der Waals surface area contributed by atoms with Crippen LogP contribution in [0.5, 0.6) is 0 Å². The molecular formula is C42H36O2. The molecular weight excluding hydrogens is 536 g/mol. The lowest BCUT2D eigenvalue weighted by molar-refractivity contribution is 0.0788. The highest BCUT2D eigenvalue weighted by atomic mass is 16.5. The van der Waals surface area contributed by atoms with Gasteiger partial charge in [0, 0.05) is 17.6 Å². The van der Waals surface area contributed by atoms with Crippen LogP contribution < -0.4 is 0 Å². The van der Waals surface area contributed by atoms with Crippen molar-refractivity contribution in [3.8, 4) is 33.4 Å². The van der Waals surface area contributed by atoms with Gasteiger partial charge in [0.1, 0.15) is 11.3 Å². The molecule has 0 radical (unpaired) electrons. The fraction of sp³-hybridized carbons (Fsp3) is 0.143. The van der Waals surface area contributed by atoms with Crippen LogP contribution in [0.4, 0.5) is 0 Å². The van der Waals surface area contributed by atoms with Crippen LogP contribution in [0.2, 0.25) is 0 Å². The highest BCUT2D eigenvalue weighted by Gasteiger charge is 2.16. The van der Waals surface area contributed by atoms with Crippen LogP contribution in [0, 0.1) is 6.92 Å². The fourth-order valence-corrected chi connectivity index (χ4v) is 6.54. The number of benzene rings is 6. The minimum Gasteiger partial charge on any atom is -0.461 e. The number of aryl methyl sites for hydroxylation is 1. The first-order valence-corrected chi connectivity index (χ1v) is 15.5. The second-order valence-corrected chi connectivity index (χ2v) is 11.5. The maximum absolute atomic E-state index is 6.11. The van der Waals surface area contributed by atoms with Gasteiger partial charge in [0.25, 0.3) is 0 Å². The highest BCUT2D eigenvalue weighted by molar-refractivity contribution is 6.21. The summed E-state index contributed by atoms with van der Waals surface area (Å²) in [6.07, 6.45) is 5.44. The van der Waals surface area contributed by atoms with Crippen molar-refractivity contribution >= 4 is 38.6 Å². The van der Waals surface area contributed by atoms with E-state index in [-0.39, 0.29) is 6.10 Å². The molecule has 0 saturated heterocycles. The van der Waals surface area contributed by atoms with Crippen molar-refractivity contribution in [3.05, 3.63) is 139 Å². The number of ether oxygens (including phenoxy) is 1. The molecule has 0 aliphatic heterocycles. The number of rotatable bonds is 8. The standard InChI is InChI=1S/C42H36O2/c1-4-43-28(2)13-12-20-34-29(3)44-40-26-25-33(27-39(34)40)30-21-23-32(24-22-30)42-37-18-10-8-16-35(37)41(31-14-6-5-7-15-31)36-17-9-11-19-38(36)42/h5-12,14-28H,4,13H2,1-3H3/b20-12-. The van der Waals surface area contributed by atoms with Crippen molar-refractivity contribution in [2.75, 3.05) is 6.61 Å². The van der Waals surface area contributed by atoms with Gasteiger partial charge in [-0.05, 0) is 94.3 Å². The Morgan fingerprint density at radius 2 is 1.14 bits per heavy atom. The Labute approximate surface area is 259 Å². The van der Waals surface area contributed by atoms with Crippen molar-refractivity contribution in [2.24, 2.45) is 0 Å². The van der Waals surface area contributed by atoms with Gasteiger partial charge in [0.2, 0.25) is 0 Å². The van der Waals surface area contributed by atoms with Gasteiger partial charge < -0.3 is 9.15 Å². The van der Waals surface area contributed by atoms with Crippen molar-refractivity contribution in [1.82, 2.24) is 0 Å². The summed E-state index contributed by atoms with van der Waals surface area (Å²) in [6.45, 7) is 6.92. The molecule has 0 fully saturated rings. The Hall–Kier alpha value is -4.92. The lowest BCUT2D eigenvalue weighted by atomic mass is 9.86. The van der Waals surface area contributed by atoms with E-state index in [9.17, 15) is 0 Å². The molecule has 0 spiro atoms. The molecule has 0 aliphatic carbocycles. The number of furan rings is 1. The molecule has 0 saturated carbocycles. The topological polar surface area (TPSA) is 22.4 Å². The lowest BCUT2D eigenvalue weighted by Crippen LogP contribution is -2.05. The van der Waals surface area contributed by atoms with E-state index in [1.54, 1.807) is 0 Å². The summed E-state index contributed by atoms with van der Waals surface area (Å²) in [4.78, 5) is 0. The largest absolute Gasteiger partial charge is 0.461 e. The van der Waals surface area contributed by atoms with Crippen LogP contribution in [0.3, 0.4) is 0 Å². The third-order valence-corrected chi connectivity index (χ3v) is 8.62. The zero-order valence-corrected chi connectivity index (χ0v) is 25.5. The van der Waals surface area contributed by atoms with Gasteiger partial charge in [-0.15, -0.1) is 0 Å². The molecule has 2 heteroatoms. The molecule has 7 rings (SSSR count). The zero-order valence-electron chi connectivity index (χ0n) is 25.5. The van der Waals surface area contributed by atoms with Crippen LogP contribution in [-0.2, 0) is 4.74 Å². The molecule has 2 nitrogen and oxygen atoms in total. The zero-order chi connectivity index (χ0) is 30.0. The maximum atomic E-state index is 6.11. The molecule has 1 heterocycles. The summed E-state index contributed by atoms with van der Waals surface area (Å²) >= 11 is 0. The maximum Gasteiger partial charge on any atom is 0.134 e. The third kappa shape index (κ3) is 5.12. The van der Waals surface area contributed by atoms with Crippen LogP contribution >= 0.6 is 0 Å². The van der Waals surface area contributed by atoms with Crippen LogP contribution in [0.1, 0.15) is 31.6 Å². The Balaban J connectivity index is 1.30. The summed E-state index contributed by atoms with van der Waals surface area (Å²) < 4.78 is 11.8. The van der Waals surface area contributed by atoms with E-state index in [1.165, 1.54) is 54.9 Å². The second-order valence-electron chi connectivity index (χ2n) is 11.5. The van der Waals surface area contributed by atoms with Crippen molar-refractivity contribution in [2.45, 2.75) is 33.3 Å². The molecule has 6 aromatic carbocycles. The lowest BCUT2D eigenvalue weighted by Gasteiger charge is -2.18. The minimum absolute atomic E-state index is 0.201. The van der Waals surface area contributed by atoms with Gasteiger partial charge in [0.05, 0.1) is 6.10 Å². The molecule has 1 unspecified atom stereocenters. The van der Waals surface area contributed by atoms with Gasteiger partial charge in [-0.1, -0.05) is 121 Å². The molecule has 216 valence electrons. The van der Waals surface area contributed by atoms with E-state index in [2.05, 4.69) is 140 Å². The Morgan fingerprint density at radius 1 is 0.614 bits per heavy atom. The third-order valence-electron chi connectivity index (χ3n) is 8.62. The van der Waals surface area contributed by atoms with Crippen molar-refractivity contribution in [3.63, 3.8) is 0 Å². The van der Waals surface area contributed by atoms with Gasteiger partial charge in [-0.3, -0.25) is 0 Å². The highest BCUT2D eigenvalue weighted by Crippen LogP contribution is 2.44. The van der Waals surface area contributed by atoms with E-state index in [0.29, 0.717) is 0 Å². The predicted molar refractivity (Wildman–Crippen MR) is 187 cm³/mol. The molecule has 1 aromatic heterocycles. The average Bonchev–Trinajstić information content (AvgIpc) is 3.38. The second kappa shape index (κ2) is 12.0. The van der Waals surface area contributed by atoms with Gasteiger partial charge in [0.15, 0.2) is 0 Å². The molecule has 0 amide bonds. The summed E-state index contributed by atoms with van der Waals surface area (Å²) in [5.74, 6) is 0.936. The summed E-state index contributed by atoms with van der Waals surface area (Å²) in [5.41, 5.74) is 9.43. The number of hydrogen-bond donors (Lipinski definition) is 0. The van der Waals surface area contributed by atoms with E-state index in [0.717, 1.165) is 35.3 Å². The number of hydrogen-bond acceptors (Lipinski definition) is 2. The molecule has 1 atom stereocenters. The first-order valence-electron chi connectivity index (χ1n) is 15.5. The minimum atomic E-state index is 0.201. The van der Waals surface area contributed by atoms with E-state index >= 15 is 0 Å². The predicted octanol–water partition coefficient (Wildman–Crippen LogP) is 11.9. The molecule has 0 bridgehead atoms. The summed E-state index contributed by atoms with van der Waals surface area (Å²) in [5, 5.41) is 6.21. The monoisotopic (exact) mass is 572 g/mol. The quantitative estimate of drug-likeness (QED) is 0.169. The SMILES string of the molecule is CCOC(C)C/C=C\c1c(C)oc2ccc(-c3ccc(-c4c5ccccc5c(-c5ccccc5)c5ccccc45)cc3)cc12. The van der Waals surface area contributed by atoms with Crippen LogP contribution in [0.25, 0.3) is 72.0 Å². The smallest absolute Gasteiger partial charge is 0.134 e. The summed E-state index contributed by atoms with van der Waals surface area (Å²) in [7, 11) is 0. The molecule has 44 heavy (non-hydrogen) atoms. The Kier molecular flexibility index (Phi) is 7.60. The summed E-state index contributed by atoms with van der Waals surface area (Å²) in [6, 6.07) is 43.9. The van der Waals surface area contributed by atoms with E-state index < -0.39 is 0 Å². The van der Waals surface area contributed by atoms with Crippen LogP contribution in [-0.4, -0.2) is 12.7 Å². The van der Waals surface area contributed by atoms with E-state index in [4.69, 9.17) is 9.15 Å². The van der Waals surface area contributed by atoms with Crippen molar-refractivity contribution in [1.29, 1.82) is 0 Å². The molecule has 0 aliphatic rings. The van der Waals surface area contributed by atoms with Gasteiger partial charge >= 0.3 is 0 Å². The average molecular weight is 573 g/mol. The fourth-order valence-electron chi connectivity index (χ4n) is 6.54. The van der Waals surface area contributed by atoms with Crippen molar-refractivity contribution < 1.29 is 9.15 Å². The Bertz CT molecular complexity index is 2060. The first kappa shape index (κ1) is 27.9. The van der Waals surface area contributed by atoms with Crippen LogP contribution in [0.15, 0.2) is 132 Å². The number of fused-ring (bicyclic) bond motifs is 3.